The maximum atomic E-state index is 9.55. The van der Waals surface area contributed by atoms with Crippen LogP contribution in [-0.4, -0.2) is 40.2 Å². The fourth-order valence-electron chi connectivity index (χ4n) is 1.87. The largest absolute Gasteiger partial charge is 0.464 e. The summed E-state index contributed by atoms with van der Waals surface area (Å²) in [5.74, 6) is 0.653. The lowest BCUT2D eigenvalue weighted by Gasteiger charge is -2.33. The minimum absolute atomic E-state index is 0.204. The summed E-state index contributed by atoms with van der Waals surface area (Å²) in [7, 11) is 0. The van der Waals surface area contributed by atoms with E-state index < -0.39 is 18.5 Å². The lowest BCUT2D eigenvalue weighted by molar-refractivity contribution is -0.213. The van der Waals surface area contributed by atoms with Crippen molar-refractivity contribution in [2.24, 2.45) is 0 Å². The van der Waals surface area contributed by atoms with Gasteiger partial charge in [-0.3, -0.25) is 0 Å². The zero-order valence-corrected chi connectivity index (χ0v) is 10.2. The number of hydrogen-bond acceptors (Lipinski definition) is 5. The number of rotatable bonds is 3. The Bertz CT molecular complexity index is 350. The van der Waals surface area contributed by atoms with E-state index in [2.05, 4.69) is 0 Å². The van der Waals surface area contributed by atoms with Gasteiger partial charge in [-0.1, -0.05) is 24.4 Å². The molecule has 0 aromatic carbocycles. The third kappa shape index (κ3) is 3.13. The molecule has 2 N–H and O–H groups in total. The van der Waals surface area contributed by atoms with Crippen LogP contribution in [0.2, 0.25) is 0 Å². The number of ether oxygens (including phenoxy) is 2. The van der Waals surface area contributed by atoms with Crippen molar-refractivity contribution in [1.29, 1.82) is 0 Å². The standard InChI is InChI=1S/C12H16O4S/c13-7-10-8(14)5-6-12(16-10)15-9-3-1-2-4-11(9)17/h1-3,8,10,12-14H,4-7H2/t8-,10+,12-/m0/s1. The molecular weight excluding hydrogens is 240 g/mol. The third-order valence-electron chi connectivity index (χ3n) is 2.85. The molecule has 5 heteroatoms. The summed E-state index contributed by atoms with van der Waals surface area (Å²) in [6, 6.07) is 0. The maximum absolute atomic E-state index is 9.55. The van der Waals surface area contributed by atoms with E-state index in [0.717, 1.165) is 4.86 Å². The number of allylic oxidation sites excluding steroid dienone is 4. The number of thiocarbonyl (C=S) groups is 1. The van der Waals surface area contributed by atoms with Crippen LogP contribution in [0.4, 0.5) is 0 Å². The molecule has 2 rings (SSSR count). The van der Waals surface area contributed by atoms with Gasteiger partial charge in [0.15, 0.2) is 6.29 Å². The summed E-state index contributed by atoms with van der Waals surface area (Å²) in [5, 5.41) is 18.6. The zero-order chi connectivity index (χ0) is 12.3. The lowest BCUT2D eigenvalue weighted by Crippen LogP contribution is -2.42. The average Bonchev–Trinajstić information content (AvgIpc) is 2.34. The molecule has 1 fully saturated rings. The van der Waals surface area contributed by atoms with Crippen molar-refractivity contribution in [3.63, 3.8) is 0 Å². The molecule has 0 amide bonds. The number of aliphatic hydroxyl groups excluding tert-OH is 2. The molecule has 1 aliphatic carbocycles. The molecule has 1 heterocycles. The summed E-state index contributed by atoms with van der Waals surface area (Å²) in [6.45, 7) is -0.204. The Morgan fingerprint density at radius 1 is 1.47 bits per heavy atom. The van der Waals surface area contributed by atoms with Gasteiger partial charge in [0.05, 0.1) is 17.6 Å². The molecule has 1 saturated heterocycles. The number of aliphatic hydroxyl groups is 2. The van der Waals surface area contributed by atoms with Gasteiger partial charge in [0.2, 0.25) is 0 Å². The Morgan fingerprint density at radius 2 is 2.29 bits per heavy atom. The van der Waals surface area contributed by atoms with Gasteiger partial charge in [-0.2, -0.15) is 0 Å². The van der Waals surface area contributed by atoms with E-state index in [1.807, 2.05) is 18.2 Å². The van der Waals surface area contributed by atoms with Crippen LogP contribution < -0.4 is 0 Å². The van der Waals surface area contributed by atoms with Gasteiger partial charge in [-0.05, 0) is 12.5 Å². The van der Waals surface area contributed by atoms with Crippen molar-refractivity contribution in [2.45, 2.75) is 37.8 Å². The molecule has 0 unspecified atom stereocenters. The van der Waals surface area contributed by atoms with E-state index in [1.165, 1.54) is 0 Å². The first-order valence-corrected chi connectivity index (χ1v) is 6.12. The van der Waals surface area contributed by atoms with Gasteiger partial charge in [0, 0.05) is 12.8 Å². The molecule has 0 saturated carbocycles. The Hall–Kier alpha value is -0.750. The van der Waals surface area contributed by atoms with Crippen molar-refractivity contribution < 1.29 is 19.7 Å². The monoisotopic (exact) mass is 256 g/mol. The van der Waals surface area contributed by atoms with Crippen LogP contribution in [0, 0.1) is 0 Å². The fraction of sp³-hybridized carbons (Fsp3) is 0.583. The summed E-state index contributed by atoms with van der Waals surface area (Å²) < 4.78 is 11.1. The van der Waals surface area contributed by atoms with Gasteiger partial charge < -0.3 is 19.7 Å². The second-order valence-corrected chi connectivity index (χ2v) is 4.63. The molecule has 4 nitrogen and oxygen atoms in total. The molecule has 0 bridgehead atoms. The molecule has 0 radical (unpaired) electrons. The van der Waals surface area contributed by atoms with Gasteiger partial charge in [-0.25, -0.2) is 0 Å². The molecule has 1 aliphatic heterocycles. The molecule has 17 heavy (non-hydrogen) atoms. The van der Waals surface area contributed by atoms with Crippen LogP contribution in [0.25, 0.3) is 0 Å². The molecule has 0 spiro atoms. The molecule has 0 aromatic heterocycles. The van der Waals surface area contributed by atoms with E-state index in [-0.39, 0.29) is 6.61 Å². The van der Waals surface area contributed by atoms with Crippen LogP contribution in [-0.2, 0) is 9.47 Å². The Balaban J connectivity index is 1.93. The van der Waals surface area contributed by atoms with Crippen LogP contribution in [0.15, 0.2) is 24.0 Å². The summed E-state index contributed by atoms with van der Waals surface area (Å²) in [5.41, 5.74) is 0. The third-order valence-corrected chi connectivity index (χ3v) is 3.22. The van der Waals surface area contributed by atoms with Crippen molar-refractivity contribution in [2.75, 3.05) is 6.61 Å². The second-order valence-electron chi connectivity index (χ2n) is 4.14. The average molecular weight is 256 g/mol. The van der Waals surface area contributed by atoms with Crippen molar-refractivity contribution in [1.82, 2.24) is 0 Å². The summed E-state index contributed by atoms with van der Waals surface area (Å²) in [6.07, 6.45) is 5.92. The van der Waals surface area contributed by atoms with E-state index in [0.29, 0.717) is 25.0 Å². The van der Waals surface area contributed by atoms with Crippen LogP contribution >= 0.6 is 12.2 Å². The molecule has 94 valence electrons. The Kier molecular flexibility index (Phi) is 4.28. The summed E-state index contributed by atoms with van der Waals surface area (Å²) >= 11 is 5.18. The fourth-order valence-corrected chi connectivity index (χ4v) is 2.08. The maximum Gasteiger partial charge on any atom is 0.200 e. The van der Waals surface area contributed by atoms with E-state index in [1.54, 1.807) is 0 Å². The number of hydrogen-bond donors (Lipinski definition) is 2. The van der Waals surface area contributed by atoms with Gasteiger partial charge in [0.25, 0.3) is 0 Å². The highest BCUT2D eigenvalue weighted by Gasteiger charge is 2.31. The molecule has 2 aliphatic rings. The molecule has 0 aromatic rings. The summed E-state index contributed by atoms with van der Waals surface area (Å²) in [4.78, 5) is 0.753. The first kappa shape index (κ1) is 12.7. The zero-order valence-electron chi connectivity index (χ0n) is 9.41. The first-order valence-electron chi connectivity index (χ1n) is 5.72. The normalized spacial score (nSPS) is 33.4. The molecule has 3 atom stereocenters. The highest BCUT2D eigenvalue weighted by atomic mass is 32.1. The predicted octanol–water partition coefficient (Wildman–Crippen LogP) is 1.07. The Morgan fingerprint density at radius 3 is 3.00 bits per heavy atom. The van der Waals surface area contributed by atoms with Gasteiger partial charge >= 0.3 is 0 Å². The van der Waals surface area contributed by atoms with Crippen molar-refractivity contribution in [3.05, 3.63) is 24.0 Å². The minimum atomic E-state index is -0.618. The van der Waals surface area contributed by atoms with E-state index >= 15 is 0 Å². The van der Waals surface area contributed by atoms with Gasteiger partial charge in [-0.15, -0.1) is 0 Å². The Labute approximate surface area is 106 Å². The highest BCUT2D eigenvalue weighted by Crippen LogP contribution is 2.24. The smallest absolute Gasteiger partial charge is 0.200 e. The molecular formula is C12H16O4S. The quantitative estimate of drug-likeness (QED) is 0.740. The van der Waals surface area contributed by atoms with Crippen molar-refractivity contribution in [3.8, 4) is 0 Å². The second kappa shape index (κ2) is 5.73. The predicted molar refractivity (Wildman–Crippen MR) is 66.5 cm³/mol. The minimum Gasteiger partial charge on any atom is -0.464 e. The van der Waals surface area contributed by atoms with Crippen molar-refractivity contribution >= 4 is 17.1 Å². The van der Waals surface area contributed by atoms with Crippen LogP contribution in [0.5, 0.6) is 0 Å². The van der Waals surface area contributed by atoms with Crippen LogP contribution in [0.3, 0.4) is 0 Å². The topological polar surface area (TPSA) is 58.9 Å². The van der Waals surface area contributed by atoms with E-state index in [4.69, 9.17) is 26.8 Å². The van der Waals surface area contributed by atoms with E-state index in [9.17, 15) is 5.11 Å². The first-order chi connectivity index (χ1) is 8.20. The van der Waals surface area contributed by atoms with Gasteiger partial charge in [0.1, 0.15) is 11.9 Å². The highest BCUT2D eigenvalue weighted by molar-refractivity contribution is 7.80. The lowest BCUT2D eigenvalue weighted by atomic mass is 10.1. The SMILES string of the molecule is OC[C@H]1O[C@H](OC2=CC=CCC2=S)CC[C@@H]1O. The van der Waals surface area contributed by atoms with Crippen LogP contribution in [0.1, 0.15) is 19.3 Å².